The lowest BCUT2D eigenvalue weighted by atomic mass is 9.96. The monoisotopic (exact) mass is 459 g/mol. The average Bonchev–Trinajstić information content (AvgIpc) is 2.84. The number of nitrogens with one attached hydrogen (secondary N) is 1. The molecule has 0 saturated heterocycles. The zero-order valence-electron chi connectivity index (χ0n) is 18.6. The summed E-state index contributed by atoms with van der Waals surface area (Å²) in [7, 11) is 0. The zero-order valence-corrected chi connectivity index (χ0v) is 18.6. The third-order valence-corrected chi connectivity index (χ3v) is 5.47. The van der Waals surface area contributed by atoms with Crippen molar-refractivity contribution in [3.63, 3.8) is 0 Å². The lowest BCUT2D eigenvalue weighted by Crippen LogP contribution is -2.14. The summed E-state index contributed by atoms with van der Waals surface area (Å²) in [5, 5.41) is 4.16. The van der Waals surface area contributed by atoms with E-state index >= 15 is 0 Å². The Morgan fingerprint density at radius 2 is 1.71 bits per heavy atom. The van der Waals surface area contributed by atoms with Crippen molar-refractivity contribution in [2.24, 2.45) is 0 Å². The van der Waals surface area contributed by atoms with Gasteiger partial charge in [-0.2, -0.15) is 0 Å². The van der Waals surface area contributed by atoms with Crippen LogP contribution in [0.15, 0.2) is 78.9 Å². The van der Waals surface area contributed by atoms with Crippen molar-refractivity contribution in [3.8, 4) is 11.1 Å². The van der Waals surface area contributed by atoms with E-state index in [0.717, 1.165) is 5.39 Å². The van der Waals surface area contributed by atoms with Gasteiger partial charge < -0.3 is 10.1 Å². The van der Waals surface area contributed by atoms with Crippen LogP contribution in [0.5, 0.6) is 0 Å². The van der Waals surface area contributed by atoms with Crippen molar-refractivity contribution >= 4 is 28.3 Å². The molecule has 0 heterocycles. The number of anilines is 1. The first kappa shape index (κ1) is 23.1. The normalized spacial score (nSPS) is 10.8. The number of halogens is 2. The molecule has 0 aliphatic rings. The first-order chi connectivity index (χ1) is 16.4. The number of amides is 1. The highest BCUT2D eigenvalue weighted by Gasteiger charge is 2.16. The second-order valence-corrected chi connectivity index (χ2v) is 7.83. The molecule has 4 rings (SSSR count). The summed E-state index contributed by atoms with van der Waals surface area (Å²) in [6.07, 6.45) is 0.521. The van der Waals surface area contributed by atoms with Crippen LogP contribution in [0.2, 0.25) is 0 Å². The predicted molar refractivity (Wildman–Crippen MR) is 129 cm³/mol. The Morgan fingerprint density at radius 1 is 0.882 bits per heavy atom. The molecule has 0 aliphatic heterocycles. The van der Waals surface area contributed by atoms with E-state index in [1.165, 1.54) is 24.3 Å². The van der Waals surface area contributed by atoms with Crippen LogP contribution in [0, 0.1) is 11.6 Å². The topological polar surface area (TPSA) is 55.4 Å². The Hall–Kier alpha value is -4.06. The minimum Gasteiger partial charge on any atom is -0.466 e. The molecular weight excluding hydrogens is 436 g/mol. The van der Waals surface area contributed by atoms with E-state index in [4.69, 9.17) is 4.74 Å². The summed E-state index contributed by atoms with van der Waals surface area (Å²) in [6.45, 7) is 2.03. The standard InChI is InChI=1S/C28H23F2NO3/c1-2-34-27(32)13-11-18-10-12-25(30)26(14-18)31-28(33)24-17-21(19-7-5-8-22(29)16-19)15-20-6-3-4-9-23(20)24/h3-10,12,14-17H,2,11,13H2,1H3,(H,31,33). The summed E-state index contributed by atoms with van der Waals surface area (Å²) >= 11 is 0. The van der Waals surface area contributed by atoms with Gasteiger partial charge >= 0.3 is 5.97 Å². The number of ether oxygens (including phenoxy) is 1. The van der Waals surface area contributed by atoms with Gasteiger partial charge in [0, 0.05) is 12.0 Å². The molecule has 34 heavy (non-hydrogen) atoms. The van der Waals surface area contributed by atoms with E-state index in [1.807, 2.05) is 30.3 Å². The summed E-state index contributed by atoms with van der Waals surface area (Å²) < 4.78 is 33.3. The third kappa shape index (κ3) is 5.29. The smallest absolute Gasteiger partial charge is 0.306 e. The molecule has 0 unspecified atom stereocenters. The maximum absolute atomic E-state index is 14.5. The van der Waals surface area contributed by atoms with Crippen molar-refractivity contribution in [1.29, 1.82) is 0 Å². The molecule has 1 N–H and O–H groups in total. The Balaban J connectivity index is 1.65. The molecule has 4 aromatic rings. The molecule has 0 spiro atoms. The molecule has 172 valence electrons. The first-order valence-electron chi connectivity index (χ1n) is 11.0. The van der Waals surface area contributed by atoms with Crippen LogP contribution in [0.1, 0.15) is 29.3 Å². The highest BCUT2D eigenvalue weighted by Crippen LogP contribution is 2.29. The van der Waals surface area contributed by atoms with E-state index in [0.29, 0.717) is 40.7 Å². The SMILES string of the molecule is CCOC(=O)CCc1ccc(F)c(NC(=O)c2cc(-c3cccc(F)c3)cc3ccccc23)c1. The maximum atomic E-state index is 14.5. The quantitative estimate of drug-likeness (QED) is 0.320. The lowest BCUT2D eigenvalue weighted by Gasteiger charge is -2.13. The molecule has 6 heteroatoms. The van der Waals surface area contributed by atoms with Gasteiger partial charge in [-0.1, -0.05) is 42.5 Å². The molecular formula is C28H23F2NO3. The van der Waals surface area contributed by atoms with Crippen molar-refractivity contribution < 1.29 is 23.1 Å². The van der Waals surface area contributed by atoms with Gasteiger partial charge in [-0.05, 0) is 77.2 Å². The van der Waals surface area contributed by atoms with Gasteiger partial charge in [0.25, 0.3) is 5.91 Å². The Bertz CT molecular complexity index is 1370. The van der Waals surface area contributed by atoms with Crippen LogP contribution >= 0.6 is 0 Å². The molecule has 1 amide bonds. The number of hydrogen-bond donors (Lipinski definition) is 1. The Morgan fingerprint density at radius 3 is 2.50 bits per heavy atom. The van der Waals surface area contributed by atoms with Crippen molar-refractivity contribution in [2.75, 3.05) is 11.9 Å². The van der Waals surface area contributed by atoms with Crippen LogP contribution in [0.4, 0.5) is 14.5 Å². The third-order valence-electron chi connectivity index (χ3n) is 5.47. The largest absolute Gasteiger partial charge is 0.466 e. The molecule has 0 radical (unpaired) electrons. The summed E-state index contributed by atoms with van der Waals surface area (Å²) in [5.74, 6) is -1.79. The zero-order chi connectivity index (χ0) is 24.1. The second kappa shape index (κ2) is 10.3. The molecule has 4 nitrogen and oxygen atoms in total. The molecule has 0 bridgehead atoms. The lowest BCUT2D eigenvalue weighted by molar-refractivity contribution is -0.143. The first-order valence-corrected chi connectivity index (χ1v) is 11.0. The molecule has 0 atom stereocenters. The Kier molecular flexibility index (Phi) is 6.97. The number of fused-ring (bicyclic) bond motifs is 1. The van der Waals surface area contributed by atoms with E-state index < -0.39 is 11.7 Å². The maximum Gasteiger partial charge on any atom is 0.306 e. The van der Waals surface area contributed by atoms with Crippen LogP contribution < -0.4 is 5.32 Å². The van der Waals surface area contributed by atoms with Crippen LogP contribution in [0.3, 0.4) is 0 Å². The van der Waals surface area contributed by atoms with Gasteiger partial charge in [0.2, 0.25) is 0 Å². The van der Waals surface area contributed by atoms with Gasteiger partial charge in [0.15, 0.2) is 0 Å². The molecule has 0 aromatic heterocycles. The van der Waals surface area contributed by atoms with Gasteiger partial charge in [-0.15, -0.1) is 0 Å². The minimum absolute atomic E-state index is 0.0200. The highest BCUT2D eigenvalue weighted by atomic mass is 19.1. The Labute approximate surface area is 196 Å². The van der Waals surface area contributed by atoms with Crippen molar-refractivity contribution in [3.05, 3.63) is 102 Å². The van der Waals surface area contributed by atoms with Gasteiger partial charge in [-0.3, -0.25) is 9.59 Å². The summed E-state index contributed by atoms with van der Waals surface area (Å²) in [5.41, 5.74) is 2.36. The van der Waals surface area contributed by atoms with E-state index in [2.05, 4.69) is 5.32 Å². The highest BCUT2D eigenvalue weighted by molar-refractivity contribution is 6.14. The number of aryl methyl sites for hydroxylation is 1. The molecule has 0 saturated carbocycles. The fourth-order valence-corrected chi connectivity index (χ4v) is 3.83. The number of carbonyl (C=O) groups is 2. The fourth-order valence-electron chi connectivity index (χ4n) is 3.83. The van der Waals surface area contributed by atoms with E-state index in [9.17, 15) is 18.4 Å². The number of esters is 1. The number of rotatable bonds is 7. The van der Waals surface area contributed by atoms with Crippen LogP contribution in [-0.4, -0.2) is 18.5 Å². The predicted octanol–water partition coefficient (Wildman–Crippen LogP) is 6.53. The van der Waals surface area contributed by atoms with Crippen molar-refractivity contribution in [1.82, 2.24) is 0 Å². The summed E-state index contributed by atoms with van der Waals surface area (Å²) in [6, 6.07) is 21.4. The molecule has 0 aliphatic carbocycles. The average molecular weight is 459 g/mol. The minimum atomic E-state index is -0.584. The summed E-state index contributed by atoms with van der Waals surface area (Å²) in [4.78, 5) is 24.9. The van der Waals surface area contributed by atoms with Crippen molar-refractivity contribution in [2.45, 2.75) is 19.8 Å². The van der Waals surface area contributed by atoms with E-state index in [1.54, 1.807) is 31.2 Å². The van der Waals surface area contributed by atoms with Gasteiger partial charge in [-0.25, -0.2) is 8.78 Å². The van der Waals surface area contributed by atoms with Crippen LogP contribution in [0.25, 0.3) is 21.9 Å². The number of carbonyl (C=O) groups excluding carboxylic acids is 2. The van der Waals surface area contributed by atoms with Gasteiger partial charge in [0.1, 0.15) is 11.6 Å². The molecule has 4 aromatic carbocycles. The second-order valence-electron chi connectivity index (χ2n) is 7.83. The molecule has 0 fully saturated rings. The van der Waals surface area contributed by atoms with Crippen LogP contribution in [-0.2, 0) is 16.0 Å². The number of benzene rings is 4. The fraction of sp³-hybridized carbons (Fsp3) is 0.143. The van der Waals surface area contributed by atoms with Gasteiger partial charge in [0.05, 0.1) is 12.3 Å². The van der Waals surface area contributed by atoms with E-state index in [-0.39, 0.29) is 23.9 Å². The number of hydrogen-bond acceptors (Lipinski definition) is 3.